The molecule has 7 heteroatoms. The maximum atomic E-state index is 13.3. The lowest BCUT2D eigenvalue weighted by molar-refractivity contribution is 0.0690. The van der Waals surface area contributed by atoms with Crippen LogP contribution in [0.15, 0.2) is 34.8 Å². The van der Waals surface area contributed by atoms with Crippen molar-refractivity contribution in [3.63, 3.8) is 0 Å². The molecule has 2 aromatic rings. The zero-order valence-corrected chi connectivity index (χ0v) is 11.9. The minimum atomic E-state index is -1.54. The second-order valence-corrected chi connectivity index (χ2v) is 5.09. The van der Waals surface area contributed by atoms with Gasteiger partial charge in [0.25, 0.3) is 0 Å². The number of benzene rings is 2. The van der Waals surface area contributed by atoms with Crippen molar-refractivity contribution in [1.82, 2.24) is 0 Å². The number of halogens is 4. The number of aliphatic hydroxyl groups excluding tert-OH is 1. The van der Waals surface area contributed by atoms with Gasteiger partial charge in [0.15, 0.2) is 11.6 Å². The van der Waals surface area contributed by atoms with Crippen molar-refractivity contribution < 1.29 is 28.2 Å². The van der Waals surface area contributed by atoms with Gasteiger partial charge in [-0.2, -0.15) is 0 Å². The van der Waals surface area contributed by atoms with Gasteiger partial charge in [-0.25, -0.2) is 18.0 Å². The Kier molecular flexibility index (Phi) is 4.34. The van der Waals surface area contributed by atoms with Gasteiger partial charge >= 0.3 is 5.97 Å². The van der Waals surface area contributed by atoms with Gasteiger partial charge in [-0.3, -0.25) is 0 Å². The number of hydrogen-bond donors (Lipinski definition) is 2. The number of aromatic carboxylic acids is 1. The first-order valence-electron chi connectivity index (χ1n) is 5.66. The predicted molar refractivity (Wildman–Crippen MR) is 71.5 cm³/mol. The molecule has 0 radical (unpaired) electrons. The number of carboxylic acids is 1. The molecule has 2 aromatic carbocycles. The van der Waals surface area contributed by atoms with Gasteiger partial charge in [0.1, 0.15) is 11.9 Å². The van der Waals surface area contributed by atoms with Gasteiger partial charge in [0.2, 0.25) is 0 Å². The fourth-order valence-corrected chi connectivity index (χ4v) is 2.23. The Hall–Kier alpha value is -1.86. The highest BCUT2D eigenvalue weighted by Gasteiger charge is 2.22. The Bertz CT molecular complexity index is 719. The Labute approximate surface area is 125 Å². The van der Waals surface area contributed by atoms with Crippen LogP contribution in [0, 0.1) is 17.5 Å². The quantitative estimate of drug-likeness (QED) is 0.878. The molecule has 1 atom stereocenters. The van der Waals surface area contributed by atoms with Crippen LogP contribution in [0.4, 0.5) is 13.2 Å². The van der Waals surface area contributed by atoms with Crippen molar-refractivity contribution in [3.05, 3.63) is 68.9 Å². The molecule has 2 N–H and O–H groups in total. The maximum absolute atomic E-state index is 13.3. The summed E-state index contributed by atoms with van der Waals surface area (Å²) in [5.74, 6) is -4.70. The second kappa shape index (κ2) is 5.87. The van der Waals surface area contributed by atoms with Crippen molar-refractivity contribution >= 4 is 21.9 Å². The lowest BCUT2D eigenvalue weighted by atomic mass is 9.96. The molecule has 1 unspecified atom stereocenters. The molecule has 2 rings (SSSR count). The smallest absolute Gasteiger partial charge is 0.336 e. The maximum Gasteiger partial charge on any atom is 0.336 e. The molecule has 0 spiro atoms. The molecule has 0 saturated heterocycles. The summed E-state index contributed by atoms with van der Waals surface area (Å²) >= 11 is 2.92. The first-order valence-corrected chi connectivity index (χ1v) is 6.45. The van der Waals surface area contributed by atoms with E-state index in [4.69, 9.17) is 5.11 Å². The number of carbonyl (C=O) groups is 1. The van der Waals surface area contributed by atoms with Crippen LogP contribution in [0.1, 0.15) is 27.6 Å². The van der Waals surface area contributed by atoms with E-state index in [9.17, 15) is 23.1 Å². The Morgan fingerprint density at radius 3 is 2.24 bits per heavy atom. The van der Waals surface area contributed by atoms with Gasteiger partial charge in [0.05, 0.1) is 10.0 Å². The molecule has 21 heavy (non-hydrogen) atoms. The van der Waals surface area contributed by atoms with Crippen molar-refractivity contribution in [2.45, 2.75) is 6.10 Å². The van der Waals surface area contributed by atoms with Crippen LogP contribution in [0.3, 0.4) is 0 Å². The van der Waals surface area contributed by atoms with Gasteiger partial charge in [-0.05, 0) is 45.8 Å². The molecule has 110 valence electrons. The van der Waals surface area contributed by atoms with Crippen LogP contribution in [-0.2, 0) is 0 Å². The molecule has 0 fully saturated rings. The highest BCUT2D eigenvalue weighted by atomic mass is 79.9. The topological polar surface area (TPSA) is 57.5 Å². The summed E-state index contributed by atoms with van der Waals surface area (Å²) in [6, 6.07) is 4.61. The van der Waals surface area contributed by atoms with Crippen LogP contribution in [-0.4, -0.2) is 16.2 Å². The van der Waals surface area contributed by atoms with Crippen LogP contribution < -0.4 is 0 Å². The minimum Gasteiger partial charge on any atom is -0.478 e. The number of hydrogen-bond acceptors (Lipinski definition) is 2. The zero-order chi connectivity index (χ0) is 15.7. The van der Waals surface area contributed by atoms with E-state index in [1.807, 2.05) is 0 Å². The lowest BCUT2D eigenvalue weighted by Crippen LogP contribution is -2.10. The third kappa shape index (κ3) is 3.08. The van der Waals surface area contributed by atoms with Gasteiger partial charge < -0.3 is 10.2 Å². The first-order chi connectivity index (χ1) is 9.81. The molecule has 0 aliphatic heterocycles. The SMILES string of the molecule is O=C(O)c1cc(F)c(F)cc1C(O)c1ccc(F)c(Br)c1. The van der Waals surface area contributed by atoms with Gasteiger partial charge in [-0.15, -0.1) is 0 Å². The summed E-state index contributed by atoms with van der Waals surface area (Å²) in [6.45, 7) is 0. The Balaban J connectivity index is 2.56. The summed E-state index contributed by atoms with van der Waals surface area (Å²) < 4.78 is 39.6. The van der Waals surface area contributed by atoms with Gasteiger partial charge in [-0.1, -0.05) is 6.07 Å². The average Bonchev–Trinajstić information content (AvgIpc) is 2.43. The van der Waals surface area contributed by atoms with Crippen LogP contribution in [0.25, 0.3) is 0 Å². The minimum absolute atomic E-state index is 0.0542. The highest BCUT2D eigenvalue weighted by molar-refractivity contribution is 9.10. The first kappa shape index (κ1) is 15.5. The summed E-state index contributed by atoms with van der Waals surface area (Å²) in [5, 5.41) is 19.2. The summed E-state index contributed by atoms with van der Waals surface area (Å²) in [5.41, 5.74) is -0.751. The van der Waals surface area contributed by atoms with Crippen molar-refractivity contribution in [2.24, 2.45) is 0 Å². The van der Waals surface area contributed by atoms with E-state index in [1.165, 1.54) is 12.1 Å². The normalized spacial score (nSPS) is 12.2. The molecule has 0 aromatic heterocycles. The van der Waals surface area contributed by atoms with E-state index < -0.39 is 35.1 Å². The van der Waals surface area contributed by atoms with Crippen LogP contribution in [0.5, 0.6) is 0 Å². The molecule has 3 nitrogen and oxygen atoms in total. The Morgan fingerprint density at radius 1 is 1.05 bits per heavy atom. The van der Waals surface area contributed by atoms with E-state index in [0.717, 1.165) is 6.07 Å². The number of rotatable bonds is 3. The summed E-state index contributed by atoms with van der Waals surface area (Å²) in [7, 11) is 0. The molecule has 0 amide bonds. The van der Waals surface area contributed by atoms with E-state index >= 15 is 0 Å². The number of aliphatic hydroxyl groups is 1. The van der Waals surface area contributed by atoms with E-state index in [2.05, 4.69) is 15.9 Å². The van der Waals surface area contributed by atoms with E-state index in [1.54, 1.807) is 0 Å². The van der Waals surface area contributed by atoms with E-state index in [-0.39, 0.29) is 15.6 Å². The fourth-order valence-electron chi connectivity index (χ4n) is 1.84. The van der Waals surface area contributed by atoms with Gasteiger partial charge in [0, 0.05) is 5.56 Å². The van der Waals surface area contributed by atoms with Crippen molar-refractivity contribution in [2.75, 3.05) is 0 Å². The molecule has 0 aliphatic carbocycles. The third-order valence-corrected chi connectivity index (χ3v) is 3.48. The molecule has 0 aliphatic rings. The molecule has 0 saturated carbocycles. The standard InChI is InChI=1S/C14H8BrF3O3/c15-9-3-6(1-2-10(9)16)13(19)7-4-11(17)12(18)5-8(7)14(20)21/h1-5,13,19H,(H,20,21). The monoisotopic (exact) mass is 360 g/mol. The van der Waals surface area contributed by atoms with E-state index in [0.29, 0.717) is 12.1 Å². The lowest BCUT2D eigenvalue weighted by Gasteiger charge is -2.15. The predicted octanol–water partition coefficient (Wildman–Crippen LogP) is 3.65. The summed E-state index contributed by atoms with van der Waals surface area (Å²) in [4.78, 5) is 11.1. The van der Waals surface area contributed by atoms with Crippen molar-refractivity contribution in [1.29, 1.82) is 0 Å². The van der Waals surface area contributed by atoms with Crippen molar-refractivity contribution in [3.8, 4) is 0 Å². The third-order valence-electron chi connectivity index (χ3n) is 2.88. The average molecular weight is 361 g/mol. The zero-order valence-electron chi connectivity index (χ0n) is 10.3. The molecule has 0 heterocycles. The summed E-state index contributed by atoms with van der Waals surface area (Å²) in [6.07, 6.45) is -1.54. The molecular formula is C14H8BrF3O3. The molecular weight excluding hydrogens is 353 g/mol. The van der Waals surface area contributed by atoms with Crippen LogP contribution >= 0.6 is 15.9 Å². The largest absolute Gasteiger partial charge is 0.478 e. The Morgan fingerprint density at radius 2 is 1.67 bits per heavy atom. The molecule has 0 bridgehead atoms. The number of carboxylic acid groups (broad SMARTS) is 1. The highest BCUT2D eigenvalue weighted by Crippen LogP contribution is 2.29. The second-order valence-electron chi connectivity index (χ2n) is 4.23. The fraction of sp³-hybridized carbons (Fsp3) is 0.0714. The van der Waals surface area contributed by atoms with Crippen LogP contribution in [0.2, 0.25) is 0 Å².